The van der Waals surface area contributed by atoms with Crippen LogP contribution in [0.4, 0.5) is 10.5 Å². The second kappa shape index (κ2) is 10.8. The zero-order valence-electron chi connectivity index (χ0n) is 21.6. The molecule has 5 rings (SSSR count). The zero-order chi connectivity index (χ0) is 25.9. The van der Waals surface area contributed by atoms with E-state index in [1.54, 1.807) is 14.2 Å². The summed E-state index contributed by atoms with van der Waals surface area (Å²) in [6.45, 7) is 1.51. The highest BCUT2D eigenvalue weighted by Crippen LogP contribution is 2.34. The topological polar surface area (TPSA) is 127 Å². The van der Waals surface area contributed by atoms with Crippen molar-refractivity contribution in [1.82, 2.24) is 25.1 Å². The maximum Gasteiger partial charge on any atom is 0.407 e. The normalized spacial score (nSPS) is 17.6. The van der Waals surface area contributed by atoms with Crippen molar-refractivity contribution in [2.45, 2.75) is 63.8 Å². The lowest BCUT2D eigenvalue weighted by atomic mass is 9.94. The molecule has 37 heavy (non-hydrogen) atoms. The lowest BCUT2D eigenvalue weighted by molar-refractivity contribution is 0.131. The quantitative estimate of drug-likeness (QED) is 0.421. The van der Waals surface area contributed by atoms with Gasteiger partial charge in [-0.1, -0.05) is 38.5 Å². The van der Waals surface area contributed by atoms with Crippen molar-refractivity contribution in [2.75, 3.05) is 32.1 Å². The number of fused-ring (bicyclic) bond motifs is 1. The van der Waals surface area contributed by atoms with E-state index in [2.05, 4.69) is 25.1 Å². The predicted octanol–water partition coefficient (Wildman–Crippen LogP) is 4.41. The molecule has 1 aliphatic carbocycles. The first-order valence-electron chi connectivity index (χ1n) is 13.3. The SMILES string of the molecule is COc1cc(N2CCC(N(C)C(=O)O)CC2)ccc1-c1nc2n[nH]c(CC3CCCCCC3)c2c(=O)[nH]1. The maximum atomic E-state index is 13.2. The molecule has 1 aliphatic heterocycles. The van der Waals surface area contributed by atoms with Gasteiger partial charge >= 0.3 is 6.09 Å². The molecule has 2 aliphatic rings. The number of anilines is 1. The molecule has 1 amide bonds. The first-order valence-corrected chi connectivity index (χ1v) is 13.3. The third-order valence-electron chi connectivity index (χ3n) is 8.09. The number of aromatic amines is 2. The molecule has 3 aromatic rings. The van der Waals surface area contributed by atoms with Gasteiger partial charge in [0, 0.05) is 37.9 Å². The number of nitrogens with one attached hydrogen (secondary N) is 2. The van der Waals surface area contributed by atoms with Gasteiger partial charge in [-0.3, -0.25) is 9.89 Å². The van der Waals surface area contributed by atoms with Gasteiger partial charge in [0.25, 0.3) is 5.56 Å². The van der Waals surface area contributed by atoms with Crippen LogP contribution in [0.15, 0.2) is 23.0 Å². The molecule has 0 atom stereocenters. The monoisotopic (exact) mass is 508 g/mol. The number of H-pyrrole nitrogens is 2. The maximum absolute atomic E-state index is 13.2. The minimum absolute atomic E-state index is 0.0252. The molecule has 1 aromatic carbocycles. The van der Waals surface area contributed by atoms with E-state index in [0.717, 1.165) is 43.7 Å². The lowest BCUT2D eigenvalue weighted by Crippen LogP contribution is -2.45. The van der Waals surface area contributed by atoms with Crippen LogP contribution in [0, 0.1) is 5.92 Å². The van der Waals surface area contributed by atoms with Crippen LogP contribution in [-0.4, -0.2) is 69.6 Å². The van der Waals surface area contributed by atoms with Crippen molar-refractivity contribution in [3.05, 3.63) is 34.2 Å². The van der Waals surface area contributed by atoms with Gasteiger partial charge in [-0.15, -0.1) is 0 Å². The average Bonchev–Trinajstić information content (AvgIpc) is 3.14. The number of piperidine rings is 1. The van der Waals surface area contributed by atoms with E-state index in [4.69, 9.17) is 4.74 Å². The van der Waals surface area contributed by atoms with E-state index in [0.29, 0.717) is 34.1 Å². The number of nitrogens with zero attached hydrogens (tertiary/aromatic N) is 4. The zero-order valence-corrected chi connectivity index (χ0v) is 21.6. The number of aromatic nitrogens is 4. The van der Waals surface area contributed by atoms with Gasteiger partial charge in [-0.2, -0.15) is 5.10 Å². The lowest BCUT2D eigenvalue weighted by Gasteiger charge is -2.37. The van der Waals surface area contributed by atoms with E-state index < -0.39 is 6.09 Å². The van der Waals surface area contributed by atoms with Crippen molar-refractivity contribution in [3.63, 3.8) is 0 Å². The molecule has 1 saturated heterocycles. The fraction of sp³-hybridized carbons (Fsp3) is 0.556. The Hall–Kier alpha value is -3.56. The summed E-state index contributed by atoms with van der Waals surface area (Å²) in [5.74, 6) is 1.61. The highest BCUT2D eigenvalue weighted by atomic mass is 16.5. The molecule has 0 unspecified atom stereocenters. The van der Waals surface area contributed by atoms with Crippen molar-refractivity contribution < 1.29 is 14.6 Å². The fourth-order valence-corrected chi connectivity index (χ4v) is 5.86. The second-order valence-corrected chi connectivity index (χ2v) is 10.4. The Bertz CT molecular complexity index is 1300. The number of benzene rings is 1. The first kappa shape index (κ1) is 25.1. The summed E-state index contributed by atoms with van der Waals surface area (Å²) >= 11 is 0. The van der Waals surface area contributed by atoms with E-state index in [1.807, 2.05) is 18.2 Å². The molecule has 10 heteroatoms. The molecule has 3 N–H and O–H groups in total. The van der Waals surface area contributed by atoms with Gasteiger partial charge in [0.2, 0.25) is 0 Å². The molecule has 0 radical (unpaired) electrons. The van der Waals surface area contributed by atoms with Crippen molar-refractivity contribution in [1.29, 1.82) is 0 Å². The molecule has 10 nitrogen and oxygen atoms in total. The third-order valence-corrected chi connectivity index (χ3v) is 8.09. The Balaban J connectivity index is 1.36. The highest BCUT2D eigenvalue weighted by Gasteiger charge is 2.26. The summed E-state index contributed by atoms with van der Waals surface area (Å²) in [6, 6.07) is 5.87. The summed E-state index contributed by atoms with van der Waals surface area (Å²) < 4.78 is 5.69. The van der Waals surface area contributed by atoms with Crippen LogP contribution in [0.2, 0.25) is 0 Å². The van der Waals surface area contributed by atoms with Crippen LogP contribution < -0.4 is 15.2 Å². The van der Waals surface area contributed by atoms with Crippen molar-refractivity contribution in [2.24, 2.45) is 5.92 Å². The number of methoxy groups -OCH3 is 1. The Labute approximate surface area is 216 Å². The number of rotatable bonds is 6. The van der Waals surface area contributed by atoms with Gasteiger partial charge in [-0.25, -0.2) is 9.78 Å². The highest BCUT2D eigenvalue weighted by molar-refractivity contribution is 5.80. The Kier molecular flexibility index (Phi) is 7.34. The summed E-state index contributed by atoms with van der Waals surface area (Å²) in [4.78, 5) is 35.7. The van der Waals surface area contributed by atoms with Crippen LogP contribution >= 0.6 is 0 Å². The Morgan fingerprint density at radius 2 is 1.89 bits per heavy atom. The molecular formula is C27H36N6O4. The van der Waals surface area contributed by atoms with Gasteiger partial charge in [-0.05, 0) is 37.3 Å². The number of carboxylic acid groups (broad SMARTS) is 1. The van der Waals surface area contributed by atoms with Gasteiger partial charge < -0.3 is 24.6 Å². The number of carbonyl (C=O) groups is 1. The standard InChI is InChI=1S/C27H36N6O4/c1-32(27(35)36)18-11-13-33(14-12-18)19-9-10-20(22(16-19)37-2)24-28-25-23(26(34)29-24)21(30-31-25)15-17-7-5-3-4-6-8-17/h9-10,16-18H,3-8,11-15H2,1-2H3,(H,35,36)(H2,28,29,30,31,34). The Morgan fingerprint density at radius 3 is 2.57 bits per heavy atom. The van der Waals surface area contributed by atoms with Crippen molar-refractivity contribution in [3.8, 4) is 17.1 Å². The van der Waals surface area contributed by atoms with E-state index in [-0.39, 0.29) is 11.6 Å². The minimum atomic E-state index is -0.892. The van der Waals surface area contributed by atoms with Gasteiger partial charge in [0.05, 0.1) is 18.4 Å². The van der Waals surface area contributed by atoms with Crippen LogP contribution in [0.25, 0.3) is 22.4 Å². The fourth-order valence-electron chi connectivity index (χ4n) is 5.86. The number of hydrogen-bond donors (Lipinski definition) is 3. The minimum Gasteiger partial charge on any atom is -0.496 e. The summed E-state index contributed by atoms with van der Waals surface area (Å²) in [5, 5.41) is 17.3. The smallest absolute Gasteiger partial charge is 0.407 e. The van der Waals surface area contributed by atoms with Gasteiger partial charge in [0.1, 0.15) is 17.0 Å². The first-order chi connectivity index (χ1) is 17.9. The molecule has 0 bridgehead atoms. The van der Waals surface area contributed by atoms with Crippen LogP contribution in [0.3, 0.4) is 0 Å². The summed E-state index contributed by atoms with van der Waals surface area (Å²) in [5.41, 5.74) is 2.80. The molecule has 198 valence electrons. The molecular weight excluding hydrogens is 472 g/mol. The molecule has 2 aromatic heterocycles. The largest absolute Gasteiger partial charge is 0.496 e. The average molecular weight is 509 g/mol. The summed E-state index contributed by atoms with van der Waals surface area (Å²) in [7, 11) is 3.23. The Morgan fingerprint density at radius 1 is 1.16 bits per heavy atom. The predicted molar refractivity (Wildman–Crippen MR) is 142 cm³/mol. The van der Waals surface area contributed by atoms with Crippen LogP contribution in [0.1, 0.15) is 57.1 Å². The third kappa shape index (κ3) is 5.28. The van der Waals surface area contributed by atoms with Crippen LogP contribution in [-0.2, 0) is 6.42 Å². The molecule has 0 spiro atoms. The number of hydrogen-bond acceptors (Lipinski definition) is 6. The van der Waals surface area contributed by atoms with Gasteiger partial charge in [0.15, 0.2) is 5.65 Å². The number of ether oxygens (including phenoxy) is 1. The molecule has 3 heterocycles. The summed E-state index contributed by atoms with van der Waals surface area (Å²) in [6.07, 6.45) is 8.96. The van der Waals surface area contributed by atoms with Crippen LogP contribution in [0.5, 0.6) is 5.75 Å². The molecule has 2 fully saturated rings. The number of amides is 1. The van der Waals surface area contributed by atoms with E-state index >= 15 is 0 Å². The molecule has 1 saturated carbocycles. The van der Waals surface area contributed by atoms with E-state index in [1.165, 1.54) is 43.4 Å². The van der Waals surface area contributed by atoms with E-state index in [9.17, 15) is 14.7 Å². The van der Waals surface area contributed by atoms with Crippen molar-refractivity contribution >= 4 is 22.8 Å². The second-order valence-electron chi connectivity index (χ2n) is 10.4.